The number of piperazine rings is 1. The third kappa shape index (κ3) is 4.75. The van der Waals surface area contributed by atoms with E-state index >= 15 is 0 Å². The van der Waals surface area contributed by atoms with Crippen LogP contribution in [0.15, 0.2) is 46.9 Å². The van der Waals surface area contributed by atoms with Crippen LogP contribution < -0.4 is 10.2 Å². The average molecular weight is 423 g/mol. The number of carbonyl (C=O) groups is 1. The van der Waals surface area contributed by atoms with E-state index in [1.807, 2.05) is 42.5 Å². The van der Waals surface area contributed by atoms with Crippen LogP contribution in [0.1, 0.15) is 5.56 Å². The number of amides is 1. The lowest BCUT2D eigenvalue weighted by Crippen LogP contribution is -2.44. The van der Waals surface area contributed by atoms with Crippen LogP contribution in [-0.4, -0.2) is 44.0 Å². The van der Waals surface area contributed by atoms with Gasteiger partial charge < -0.3 is 15.1 Å². The van der Waals surface area contributed by atoms with Crippen LogP contribution in [0.25, 0.3) is 0 Å². The van der Waals surface area contributed by atoms with E-state index in [0.29, 0.717) is 11.4 Å². The highest BCUT2D eigenvalue weighted by atomic mass is 79.9. The Hall–Kier alpha value is -1.56. The van der Waals surface area contributed by atoms with Crippen molar-refractivity contribution in [3.05, 3.63) is 57.5 Å². The summed E-state index contributed by atoms with van der Waals surface area (Å²) in [5, 5.41) is 3.70. The van der Waals surface area contributed by atoms with Gasteiger partial charge in [0.15, 0.2) is 0 Å². The van der Waals surface area contributed by atoms with Crippen molar-refractivity contribution in [3.63, 3.8) is 0 Å². The van der Waals surface area contributed by atoms with Gasteiger partial charge in [-0.3, -0.25) is 4.79 Å². The molecular formula is C19H21BrClN3O. The first kappa shape index (κ1) is 18.2. The predicted molar refractivity (Wildman–Crippen MR) is 108 cm³/mol. The van der Waals surface area contributed by atoms with Crippen molar-refractivity contribution in [1.82, 2.24) is 4.90 Å². The molecular weight excluding hydrogens is 402 g/mol. The summed E-state index contributed by atoms with van der Waals surface area (Å²) < 4.78 is 1.00. The second-order valence-electron chi connectivity index (χ2n) is 6.28. The van der Waals surface area contributed by atoms with Gasteiger partial charge in [0.2, 0.25) is 5.91 Å². The number of benzene rings is 2. The van der Waals surface area contributed by atoms with E-state index in [4.69, 9.17) is 11.6 Å². The van der Waals surface area contributed by atoms with Crippen LogP contribution in [0.2, 0.25) is 5.02 Å². The lowest BCUT2D eigenvalue weighted by molar-refractivity contribution is -0.115. The number of hydrogen-bond acceptors (Lipinski definition) is 3. The van der Waals surface area contributed by atoms with Crippen molar-refractivity contribution in [2.45, 2.75) is 6.42 Å². The van der Waals surface area contributed by atoms with E-state index in [2.05, 4.69) is 38.1 Å². The molecule has 2 aromatic rings. The summed E-state index contributed by atoms with van der Waals surface area (Å²) in [6.07, 6.45) is 0.335. The summed E-state index contributed by atoms with van der Waals surface area (Å²) in [6.45, 7) is 3.76. The highest BCUT2D eigenvalue weighted by Crippen LogP contribution is 2.34. The van der Waals surface area contributed by atoms with Crippen molar-refractivity contribution in [1.29, 1.82) is 0 Å². The molecule has 0 bridgehead atoms. The second kappa shape index (κ2) is 8.21. The van der Waals surface area contributed by atoms with E-state index in [-0.39, 0.29) is 5.91 Å². The molecule has 0 atom stereocenters. The number of hydrogen-bond donors (Lipinski definition) is 1. The molecule has 0 spiro atoms. The molecule has 0 aromatic heterocycles. The van der Waals surface area contributed by atoms with Gasteiger partial charge in [-0.2, -0.15) is 0 Å². The van der Waals surface area contributed by atoms with Crippen molar-refractivity contribution in [2.24, 2.45) is 0 Å². The Balaban J connectivity index is 1.74. The Labute approximate surface area is 161 Å². The fraction of sp³-hybridized carbons (Fsp3) is 0.316. The Kier molecular flexibility index (Phi) is 5.99. The number of para-hydroxylation sites is 1. The molecule has 0 aliphatic carbocycles. The topological polar surface area (TPSA) is 35.6 Å². The highest BCUT2D eigenvalue weighted by molar-refractivity contribution is 9.10. The molecule has 2 aromatic carbocycles. The summed E-state index contributed by atoms with van der Waals surface area (Å²) in [5.41, 5.74) is 2.67. The van der Waals surface area contributed by atoms with Gasteiger partial charge in [-0.05, 0) is 36.9 Å². The van der Waals surface area contributed by atoms with Crippen LogP contribution in [0, 0.1) is 0 Å². The fourth-order valence-electron chi connectivity index (χ4n) is 2.95. The summed E-state index contributed by atoms with van der Waals surface area (Å²) in [7, 11) is 2.12. The maximum absolute atomic E-state index is 12.5. The SMILES string of the molecule is CN1CCN(c2c(Cl)cccc2NC(=O)Cc2ccc(Br)cc2)CC1. The largest absolute Gasteiger partial charge is 0.366 e. The zero-order valence-corrected chi connectivity index (χ0v) is 16.5. The normalized spacial score (nSPS) is 15.2. The standard InChI is InChI=1S/C19H21BrClN3O/c1-23-9-11-24(12-10-23)19-16(21)3-2-4-17(19)22-18(25)13-14-5-7-15(20)8-6-14/h2-8H,9-13H2,1H3,(H,22,25). The molecule has 1 aliphatic rings. The van der Waals surface area contributed by atoms with Crippen LogP contribution in [0.3, 0.4) is 0 Å². The van der Waals surface area contributed by atoms with E-state index in [0.717, 1.165) is 47.6 Å². The Bertz CT molecular complexity index is 743. The van der Waals surface area contributed by atoms with Crippen LogP contribution in [0.5, 0.6) is 0 Å². The quantitative estimate of drug-likeness (QED) is 0.808. The highest BCUT2D eigenvalue weighted by Gasteiger charge is 2.20. The zero-order chi connectivity index (χ0) is 17.8. The summed E-state index contributed by atoms with van der Waals surface area (Å²) in [6, 6.07) is 13.4. The molecule has 0 saturated carbocycles. The molecule has 1 amide bonds. The number of rotatable bonds is 4. The van der Waals surface area contributed by atoms with Crippen LogP contribution >= 0.6 is 27.5 Å². The van der Waals surface area contributed by atoms with Gasteiger partial charge in [-0.1, -0.05) is 45.7 Å². The number of nitrogens with zero attached hydrogens (tertiary/aromatic N) is 2. The van der Waals surface area contributed by atoms with Gasteiger partial charge in [-0.15, -0.1) is 0 Å². The molecule has 132 valence electrons. The van der Waals surface area contributed by atoms with Gasteiger partial charge in [0.1, 0.15) is 0 Å². The first-order valence-electron chi connectivity index (χ1n) is 8.29. The fourth-order valence-corrected chi connectivity index (χ4v) is 3.51. The zero-order valence-electron chi connectivity index (χ0n) is 14.1. The lowest BCUT2D eigenvalue weighted by Gasteiger charge is -2.35. The van der Waals surface area contributed by atoms with Crippen molar-refractivity contribution in [2.75, 3.05) is 43.4 Å². The van der Waals surface area contributed by atoms with Gasteiger partial charge in [0, 0.05) is 30.7 Å². The third-order valence-corrected chi connectivity index (χ3v) is 5.19. The molecule has 3 rings (SSSR count). The van der Waals surface area contributed by atoms with Gasteiger partial charge in [-0.25, -0.2) is 0 Å². The maximum Gasteiger partial charge on any atom is 0.228 e. The molecule has 1 heterocycles. The van der Waals surface area contributed by atoms with E-state index in [1.54, 1.807) is 0 Å². The monoisotopic (exact) mass is 421 g/mol. The minimum atomic E-state index is -0.0417. The van der Waals surface area contributed by atoms with E-state index < -0.39 is 0 Å². The molecule has 0 radical (unpaired) electrons. The Morgan fingerprint density at radius 1 is 1.12 bits per heavy atom. The number of carbonyl (C=O) groups excluding carboxylic acids is 1. The minimum absolute atomic E-state index is 0.0417. The number of anilines is 2. The van der Waals surface area contributed by atoms with Crippen molar-refractivity contribution in [3.8, 4) is 0 Å². The smallest absolute Gasteiger partial charge is 0.228 e. The first-order chi connectivity index (χ1) is 12.0. The molecule has 4 nitrogen and oxygen atoms in total. The number of nitrogens with one attached hydrogen (secondary N) is 1. The summed E-state index contributed by atoms with van der Waals surface area (Å²) in [5.74, 6) is -0.0417. The minimum Gasteiger partial charge on any atom is -0.366 e. The second-order valence-corrected chi connectivity index (χ2v) is 7.60. The van der Waals surface area contributed by atoms with E-state index in [1.165, 1.54) is 0 Å². The third-order valence-electron chi connectivity index (χ3n) is 4.36. The average Bonchev–Trinajstić information content (AvgIpc) is 2.58. The van der Waals surface area contributed by atoms with Gasteiger partial charge in [0.05, 0.1) is 22.8 Å². The lowest BCUT2D eigenvalue weighted by atomic mass is 10.1. The van der Waals surface area contributed by atoms with E-state index in [9.17, 15) is 4.79 Å². The van der Waals surface area contributed by atoms with Gasteiger partial charge in [0.25, 0.3) is 0 Å². The molecule has 1 saturated heterocycles. The molecule has 6 heteroatoms. The maximum atomic E-state index is 12.5. The van der Waals surface area contributed by atoms with Crippen LogP contribution in [-0.2, 0) is 11.2 Å². The molecule has 1 fully saturated rings. The number of halogens is 2. The summed E-state index contributed by atoms with van der Waals surface area (Å²) >= 11 is 9.86. The molecule has 25 heavy (non-hydrogen) atoms. The summed E-state index contributed by atoms with van der Waals surface area (Å²) in [4.78, 5) is 17.0. The van der Waals surface area contributed by atoms with Crippen molar-refractivity contribution < 1.29 is 4.79 Å². The first-order valence-corrected chi connectivity index (χ1v) is 9.46. The Morgan fingerprint density at radius 2 is 1.80 bits per heavy atom. The predicted octanol–water partition coefficient (Wildman–Crippen LogP) is 4.04. The molecule has 1 aliphatic heterocycles. The molecule has 0 unspecified atom stereocenters. The van der Waals surface area contributed by atoms with Crippen LogP contribution in [0.4, 0.5) is 11.4 Å². The molecule has 1 N–H and O–H groups in total. The number of likely N-dealkylation sites (N-methyl/N-ethyl adjacent to an activating group) is 1. The van der Waals surface area contributed by atoms with Gasteiger partial charge >= 0.3 is 0 Å². The Morgan fingerprint density at radius 3 is 2.48 bits per heavy atom. The van der Waals surface area contributed by atoms with Crippen molar-refractivity contribution >= 4 is 44.8 Å².